The normalized spacial score (nSPS) is 11.2. The molecule has 0 spiro atoms. The number of hydrogen-bond donors (Lipinski definition) is 1. The molecule has 4 aromatic rings. The van der Waals surface area contributed by atoms with Crippen LogP contribution in [0.15, 0.2) is 65.9 Å². The number of ether oxygens (including phenoxy) is 2. The fraction of sp³-hybridized carbons (Fsp3) is 0.160. The summed E-state index contributed by atoms with van der Waals surface area (Å²) in [5, 5.41) is 5.65. The zero-order valence-electron chi connectivity index (χ0n) is 18.5. The number of nitrogens with one attached hydrogen (secondary N) is 1. The Morgan fingerprint density at radius 1 is 1.15 bits per heavy atom. The van der Waals surface area contributed by atoms with Crippen LogP contribution < -0.4 is 14.9 Å². The minimum atomic E-state index is -0.371. The lowest BCUT2D eigenvalue weighted by molar-refractivity contribution is -0.123. The summed E-state index contributed by atoms with van der Waals surface area (Å²) in [7, 11) is 1.62. The zero-order valence-corrected chi connectivity index (χ0v) is 19.3. The summed E-state index contributed by atoms with van der Waals surface area (Å²) in [6.07, 6.45) is 3.29. The second-order valence-corrected chi connectivity index (χ2v) is 7.83. The molecular formula is C25H23ClN4O3. The number of carbonyl (C=O) groups is 1. The van der Waals surface area contributed by atoms with Gasteiger partial charge in [-0.1, -0.05) is 29.8 Å². The molecule has 0 atom stereocenters. The molecule has 33 heavy (non-hydrogen) atoms. The maximum absolute atomic E-state index is 12.2. The van der Waals surface area contributed by atoms with Crippen LogP contribution in [-0.4, -0.2) is 35.4 Å². The summed E-state index contributed by atoms with van der Waals surface area (Å²) in [4.78, 5) is 16.6. The Morgan fingerprint density at radius 2 is 1.97 bits per heavy atom. The van der Waals surface area contributed by atoms with Gasteiger partial charge in [-0.25, -0.2) is 5.43 Å². The van der Waals surface area contributed by atoms with Crippen molar-refractivity contribution in [1.82, 2.24) is 15.0 Å². The zero-order chi connectivity index (χ0) is 23.4. The van der Waals surface area contributed by atoms with Gasteiger partial charge < -0.3 is 14.0 Å². The molecule has 4 rings (SSSR count). The Bertz CT molecular complexity index is 1340. The van der Waals surface area contributed by atoms with Gasteiger partial charge in [0.15, 0.2) is 6.61 Å². The monoisotopic (exact) mass is 462 g/mol. The number of benzene rings is 2. The molecule has 168 valence electrons. The van der Waals surface area contributed by atoms with Gasteiger partial charge in [0.25, 0.3) is 5.91 Å². The second kappa shape index (κ2) is 9.75. The third-order valence-electron chi connectivity index (χ3n) is 5.20. The molecule has 0 unspecified atom stereocenters. The van der Waals surface area contributed by atoms with Gasteiger partial charge in [0, 0.05) is 33.6 Å². The standard InChI is InChI=1S/C25H23ClN4O3/c1-16-12-19(17(2)30(16)21-13-20(26)9-10-22(21)32-3)14-28-29-24(31)15-33-23-8-4-6-18-7-5-11-27-25(18)23/h4-14H,15H2,1-3H3,(H,29,31). The topological polar surface area (TPSA) is 77.7 Å². The lowest BCUT2D eigenvalue weighted by Crippen LogP contribution is -2.24. The van der Waals surface area contributed by atoms with Crippen LogP contribution in [0, 0.1) is 13.8 Å². The first-order valence-corrected chi connectivity index (χ1v) is 10.7. The summed E-state index contributed by atoms with van der Waals surface area (Å²) in [6, 6.07) is 16.8. The van der Waals surface area contributed by atoms with Gasteiger partial charge in [-0.15, -0.1) is 0 Å². The van der Waals surface area contributed by atoms with E-state index in [0.717, 1.165) is 28.0 Å². The number of nitrogens with zero attached hydrogens (tertiary/aromatic N) is 3. The van der Waals surface area contributed by atoms with Crippen LogP contribution in [0.2, 0.25) is 5.02 Å². The highest BCUT2D eigenvalue weighted by molar-refractivity contribution is 6.30. The van der Waals surface area contributed by atoms with Crippen LogP contribution in [0.3, 0.4) is 0 Å². The first-order chi connectivity index (χ1) is 16.0. The molecular weight excluding hydrogens is 440 g/mol. The maximum Gasteiger partial charge on any atom is 0.277 e. The number of methoxy groups -OCH3 is 1. The Hall–Kier alpha value is -3.84. The predicted octanol–water partition coefficient (Wildman–Crippen LogP) is 4.83. The van der Waals surface area contributed by atoms with Crippen molar-refractivity contribution in [3.05, 3.63) is 82.8 Å². The summed E-state index contributed by atoms with van der Waals surface area (Å²) in [5.74, 6) is 0.883. The van der Waals surface area contributed by atoms with E-state index in [2.05, 4.69) is 15.5 Å². The van der Waals surface area contributed by atoms with E-state index in [4.69, 9.17) is 21.1 Å². The number of para-hydroxylation sites is 1. The van der Waals surface area contributed by atoms with Crippen LogP contribution in [-0.2, 0) is 4.79 Å². The number of hydrazone groups is 1. The Morgan fingerprint density at radius 3 is 2.79 bits per heavy atom. The molecule has 2 aromatic carbocycles. The van der Waals surface area contributed by atoms with Crippen molar-refractivity contribution in [2.45, 2.75) is 13.8 Å². The van der Waals surface area contributed by atoms with Crippen molar-refractivity contribution >= 4 is 34.6 Å². The highest BCUT2D eigenvalue weighted by atomic mass is 35.5. The van der Waals surface area contributed by atoms with Crippen molar-refractivity contribution in [2.24, 2.45) is 5.10 Å². The van der Waals surface area contributed by atoms with Crippen LogP contribution in [0.5, 0.6) is 11.5 Å². The number of fused-ring (bicyclic) bond motifs is 1. The van der Waals surface area contributed by atoms with Crippen molar-refractivity contribution < 1.29 is 14.3 Å². The Balaban J connectivity index is 1.44. The molecule has 0 radical (unpaired) electrons. The van der Waals surface area contributed by atoms with E-state index < -0.39 is 0 Å². The van der Waals surface area contributed by atoms with Gasteiger partial charge in [-0.3, -0.25) is 9.78 Å². The second-order valence-electron chi connectivity index (χ2n) is 7.39. The lowest BCUT2D eigenvalue weighted by atomic mass is 10.2. The predicted molar refractivity (Wildman–Crippen MR) is 130 cm³/mol. The van der Waals surface area contributed by atoms with E-state index in [1.807, 2.05) is 60.9 Å². The first kappa shape index (κ1) is 22.4. The van der Waals surface area contributed by atoms with Crippen LogP contribution >= 0.6 is 11.6 Å². The average molecular weight is 463 g/mol. The SMILES string of the molecule is COc1ccc(Cl)cc1-n1c(C)cc(C=NNC(=O)COc2cccc3cccnc23)c1C. The lowest BCUT2D eigenvalue weighted by Gasteiger charge is -2.14. The van der Waals surface area contributed by atoms with Crippen LogP contribution in [0.25, 0.3) is 16.6 Å². The highest BCUT2D eigenvalue weighted by Crippen LogP contribution is 2.30. The number of aromatic nitrogens is 2. The van der Waals surface area contributed by atoms with Gasteiger partial charge >= 0.3 is 0 Å². The van der Waals surface area contributed by atoms with Crippen molar-refractivity contribution in [3.63, 3.8) is 0 Å². The molecule has 7 nitrogen and oxygen atoms in total. The molecule has 1 N–H and O–H groups in total. The molecule has 8 heteroatoms. The number of amides is 1. The van der Waals surface area contributed by atoms with E-state index in [1.165, 1.54) is 0 Å². The number of hydrogen-bond acceptors (Lipinski definition) is 5. The van der Waals surface area contributed by atoms with E-state index in [9.17, 15) is 4.79 Å². The summed E-state index contributed by atoms with van der Waals surface area (Å²) in [5.41, 5.74) is 6.82. The van der Waals surface area contributed by atoms with E-state index in [1.54, 1.807) is 31.7 Å². The van der Waals surface area contributed by atoms with Gasteiger partial charge in [0.2, 0.25) is 0 Å². The molecule has 0 saturated carbocycles. The molecule has 0 saturated heterocycles. The number of rotatable bonds is 7. The largest absolute Gasteiger partial charge is 0.495 e. The smallest absolute Gasteiger partial charge is 0.277 e. The molecule has 0 aliphatic rings. The molecule has 2 aromatic heterocycles. The first-order valence-electron chi connectivity index (χ1n) is 10.3. The third-order valence-corrected chi connectivity index (χ3v) is 5.43. The number of halogens is 1. The Kier molecular flexibility index (Phi) is 6.60. The highest BCUT2D eigenvalue weighted by Gasteiger charge is 2.14. The van der Waals surface area contributed by atoms with Crippen molar-refractivity contribution in [3.8, 4) is 17.2 Å². The van der Waals surface area contributed by atoms with Crippen molar-refractivity contribution in [2.75, 3.05) is 13.7 Å². The van der Waals surface area contributed by atoms with Gasteiger partial charge in [0.05, 0.1) is 19.0 Å². The minimum Gasteiger partial charge on any atom is -0.495 e. The third kappa shape index (κ3) is 4.83. The van der Waals surface area contributed by atoms with Crippen LogP contribution in [0.4, 0.5) is 0 Å². The number of carbonyl (C=O) groups excluding carboxylic acids is 1. The molecule has 0 fully saturated rings. The number of pyridine rings is 1. The van der Waals surface area contributed by atoms with Crippen molar-refractivity contribution in [1.29, 1.82) is 0 Å². The molecule has 1 amide bonds. The van der Waals surface area contributed by atoms with Gasteiger partial charge in [-0.05, 0) is 50.2 Å². The fourth-order valence-corrected chi connectivity index (χ4v) is 3.84. The quantitative estimate of drug-likeness (QED) is 0.315. The minimum absolute atomic E-state index is 0.175. The molecule has 0 bridgehead atoms. The molecule has 2 heterocycles. The average Bonchev–Trinajstić information content (AvgIpc) is 3.10. The fourth-order valence-electron chi connectivity index (χ4n) is 3.67. The summed E-state index contributed by atoms with van der Waals surface area (Å²) in [6.45, 7) is 3.77. The van der Waals surface area contributed by atoms with Gasteiger partial charge in [-0.2, -0.15) is 5.10 Å². The number of aryl methyl sites for hydroxylation is 1. The molecule has 0 aliphatic heterocycles. The van der Waals surface area contributed by atoms with Crippen LogP contribution in [0.1, 0.15) is 17.0 Å². The summed E-state index contributed by atoms with van der Waals surface area (Å²) < 4.78 is 13.2. The maximum atomic E-state index is 12.2. The van der Waals surface area contributed by atoms with E-state index in [0.29, 0.717) is 22.0 Å². The summed E-state index contributed by atoms with van der Waals surface area (Å²) >= 11 is 6.20. The molecule has 0 aliphatic carbocycles. The Labute approximate surface area is 196 Å². The van der Waals surface area contributed by atoms with E-state index in [-0.39, 0.29) is 12.5 Å². The van der Waals surface area contributed by atoms with Gasteiger partial charge in [0.1, 0.15) is 17.0 Å². The van der Waals surface area contributed by atoms with E-state index >= 15 is 0 Å².